The van der Waals surface area contributed by atoms with E-state index in [1.807, 2.05) is 12.1 Å². The quantitative estimate of drug-likeness (QED) is 0.871. The Hall–Kier alpha value is -0.880. The van der Waals surface area contributed by atoms with Crippen LogP contribution in [0.3, 0.4) is 0 Å². The summed E-state index contributed by atoms with van der Waals surface area (Å²) in [7, 11) is -1.41. The van der Waals surface area contributed by atoms with Gasteiger partial charge in [-0.3, -0.25) is 9.00 Å². The molecule has 2 atom stereocenters. The first-order valence-electron chi connectivity index (χ1n) is 4.99. The van der Waals surface area contributed by atoms with E-state index in [1.165, 1.54) is 6.92 Å². The van der Waals surface area contributed by atoms with Gasteiger partial charge in [0, 0.05) is 15.3 Å². The van der Waals surface area contributed by atoms with E-state index >= 15 is 0 Å². The van der Waals surface area contributed by atoms with Crippen LogP contribution in [0.4, 0.5) is 0 Å². The smallest absolute Gasteiger partial charge is 0.318 e. The Bertz CT molecular complexity index is 404. The minimum absolute atomic E-state index is 0.212. The minimum Gasteiger partial charge on any atom is -0.493 e. The van der Waals surface area contributed by atoms with Gasteiger partial charge < -0.3 is 9.84 Å². The molecule has 0 heterocycles. The summed E-state index contributed by atoms with van der Waals surface area (Å²) in [6.07, 6.45) is 0. The molecule has 0 bridgehead atoms. The van der Waals surface area contributed by atoms with Crippen molar-refractivity contribution in [1.29, 1.82) is 0 Å². The van der Waals surface area contributed by atoms with Gasteiger partial charge in [-0.25, -0.2) is 0 Å². The molecule has 2 unspecified atom stereocenters. The van der Waals surface area contributed by atoms with E-state index in [1.54, 1.807) is 12.1 Å². The summed E-state index contributed by atoms with van der Waals surface area (Å²) in [5.74, 6) is -0.163. The molecule has 0 saturated carbocycles. The summed E-state index contributed by atoms with van der Waals surface area (Å²) in [6.45, 7) is 1.67. The molecule has 0 aromatic heterocycles. The van der Waals surface area contributed by atoms with Crippen LogP contribution < -0.4 is 4.74 Å². The predicted molar refractivity (Wildman–Crippen MR) is 69.7 cm³/mol. The Morgan fingerprint density at radius 2 is 2.06 bits per heavy atom. The molecular formula is C11H13BrO4S. The van der Waals surface area contributed by atoms with E-state index in [9.17, 15) is 9.00 Å². The Balaban J connectivity index is 2.35. The molecule has 0 aliphatic heterocycles. The highest BCUT2D eigenvalue weighted by Gasteiger charge is 2.18. The number of ether oxygens (including phenoxy) is 1. The van der Waals surface area contributed by atoms with Gasteiger partial charge in [0.05, 0.1) is 12.4 Å². The van der Waals surface area contributed by atoms with Crippen molar-refractivity contribution in [1.82, 2.24) is 0 Å². The van der Waals surface area contributed by atoms with E-state index in [0.29, 0.717) is 5.75 Å². The number of carbonyl (C=O) groups is 1. The first-order chi connectivity index (χ1) is 8.00. The second-order valence-electron chi connectivity index (χ2n) is 3.37. The van der Waals surface area contributed by atoms with E-state index in [0.717, 1.165) is 4.47 Å². The molecule has 1 N–H and O–H groups in total. The summed E-state index contributed by atoms with van der Waals surface area (Å²) in [4.78, 5) is 10.6. The number of benzene rings is 1. The van der Waals surface area contributed by atoms with Crippen LogP contribution in [0.2, 0.25) is 0 Å². The van der Waals surface area contributed by atoms with Crippen molar-refractivity contribution in [2.45, 2.75) is 12.2 Å². The van der Waals surface area contributed by atoms with Crippen LogP contribution in [0, 0.1) is 0 Å². The van der Waals surface area contributed by atoms with Gasteiger partial charge in [0.2, 0.25) is 0 Å². The second-order valence-corrected chi connectivity index (χ2v) is 6.16. The lowest BCUT2D eigenvalue weighted by molar-refractivity contribution is -0.136. The minimum atomic E-state index is -1.41. The predicted octanol–water partition coefficient (Wildman–Crippen LogP) is 2.05. The van der Waals surface area contributed by atoms with Gasteiger partial charge in [0.15, 0.2) is 0 Å². The van der Waals surface area contributed by atoms with Crippen LogP contribution in [0.5, 0.6) is 5.75 Å². The lowest BCUT2D eigenvalue weighted by atomic mass is 10.3. The highest BCUT2D eigenvalue weighted by molar-refractivity contribution is 9.10. The van der Waals surface area contributed by atoms with Gasteiger partial charge in [-0.15, -0.1) is 0 Å². The fourth-order valence-corrected chi connectivity index (χ4v) is 2.15. The van der Waals surface area contributed by atoms with Gasteiger partial charge in [-0.05, 0) is 31.2 Å². The molecule has 0 spiro atoms. The molecule has 0 saturated heterocycles. The highest BCUT2D eigenvalue weighted by Crippen LogP contribution is 2.15. The molecule has 94 valence electrons. The number of carboxylic acid groups (broad SMARTS) is 1. The van der Waals surface area contributed by atoms with Gasteiger partial charge in [0.1, 0.15) is 11.0 Å². The van der Waals surface area contributed by atoms with Crippen molar-refractivity contribution in [3.05, 3.63) is 28.7 Å². The number of halogens is 1. The molecule has 0 radical (unpaired) electrons. The highest BCUT2D eigenvalue weighted by atomic mass is 79.9. The molecule has 0 fully saturated rings. The van der Waals surface area contributed by atoms with Crippen LogP contribution >= 0.6 is 15.9 Å². The van der Waals surface area contributed by atoms with Crippen LogP contribution in [-0.4, -0.2) is 32.9 Å². The van der Waals surface area contributed by atoms with E-state index in [2.05, 4.69) is 15.9 Å². The van der Waals surface area contributed by atoms with Crippen molar-refractivity contribution in [2.75, 3.05) is 12.4 Å². The zero-order chi connectivity index (χ0) is 12.8. The third-order valence-corrected chi connectivity index (χ3v) is 4.20. The second kappa shape index (κ2) is 6.76. The van der Waals surface area contributed by atoms with Crippen LogP contribution in [-0.2, 0) is 15.6 Å². The Morgan fingerprint density at radius 1 is 1.47 bits per heavy atom. The van der Waals surface area contributed by atoms with Gasteiger partial charge in [-0.1, -0.05) is 15.9 Å². The maximum absolute atomic E-state index is 11.5. The van der Waals surface area contributed by atoms with E-state index in [-0.39, 0.29) is 12.4 Å². The molecule has 4 nitrogen and oxygen atoms in total. The van der Waals surface area contributed by atoms with Crippen LogP contribution in [0.15, 0.2) is 28.7 Å². The molecule has 1 aromatic carbocycles. The average molecular weight is 321 g/mol. The standard InChI is InChI=1S/C11H13BrO4S/c1-8(11(13)14)17(15)7-6-16-10-4-2-9(12)3-5-10/h2-5,8H,6-7H2,1H3,(H,13,14). The molecule has 0 aliphatic carbocycles. The molecule has 6 heteroatoms. The zero-order valence-corrected chi connectivity index (χ0v) is 11.7. The van der Waals surface area contributed by atoms with Crippen molar-refractivity contribution in [3.63, 3.8) is 0 Å². The largest absolute Gasteiger partial charge is 0.493 e. The van der Waals surface area contributed by atoms with Crippen molar-refractivity contribution in [2.24, 2.45) is 0 Å². The summed E-state index contributed by atoms with van der Waals surface area (Å²) >= 11 is 3.30. The van der Waals surface area contributed by atoms with Gasteiger partial charge in [-0.2, -0.15) is 0 Å². The van der Waals surface area contributed by atoms with Gasteiger partial charge >= 0.3 is 5.97 Å². The summed E-state index contributed by atoms with van der Waals surface area (Å²) < 4.78 is 17.8. The first kappa shape index (κ1) is 14.2. The zero-order valence-electron chi connectivity index (χ0n) is 9.26. The van der Waals surface area contributed by atoms with Crippen molar-refractivity contribution < 1.29 is 18.8 Å². The summed E-state index contributed by atoms with van der Waals surface area (Å²) in [5.41, 5.74) is 0. The lowest BCUT2D eigenvalue weighted by Crippen LogP contribution is -2.25. The SMILES string of the molecule is CC(C(=O)O)S(=O)CCOc1ccc(Br)cc1. The third kappa shape index (κ3) is 4.87. The fourth-order valence-electron chi connectivity index (χ4n) is 1.06. The fraction of sp³-hybridized carbons (Fsp3) is 0.364. The van der Waals surface area contributed by atoms with Crippen molar-refractivity contribution in [3.8, 4) is 5.75 Å². The average Bonchev–Trinajstić information content (AvgIpc) is 2.30. The topological polar surface area (TPSA) is 63.6 Å². The lowest BCUT2D eigenvalue weighted by Gasteiger charge is -2.08. The maximum atomic E-state index is 11.5. The van der Waals surface area contributed by atoms with Gasteiger partial charge in [0.25, 0.3) is 0 Å². The molecule has 1 rings (SSSR count). The van der Waals surface area contributed by atoms with Crippen LogP contribution in [0.25, 0.3) is 0 Å². The van der Waals surface area contributed by atoms with Crippen molar-refractivity contribution >= 4 is 32.7 Å². The molecule has 0 aliphatic rings. The number of carboxylic acids is 1. The first-order valence-corrected chi connectivity index (χ1v) is 7.16. The Kier molecular flexibility index (Phi) is 5.64. The third-order valence-electron chi connectivity index (χ3n) is 2.11. The van der Waals surface area contributed by atoms with E-state index in [4.69, 9.17) is 9.84 Å². The Morgan fingerprint density at radius 3 is 2.59 bits per heavy atom. The summed E-state index contributed by atoms with van der Waals surface area (Å²) in [6, 6.07) is 7.25. The number of rotatable bonds is 6. The molecular weight excluding hydrogens is 308 g/mol. The number of hydrogen-bond donors (Lipinski definition) is 1. The molecule has 1 aromatic rings. The maximum Gasteiger partial charge on any atom is 0.318 e. The molecule has 0 amide bonds. The molecule has 17 heavy (non-hydrogen) atoms. The summed E-state index contributed by atoms with van der Waals surface area (Å²) in [5, 5.41) is 7.80. The Labute approximate surface area is 111 Å². The van der Waals surface area contributed by atoms with Crippen LogP contribution in [0.1, 0.15) is 6.92 Å². The monoisotopic (exact) mass is 320 g/mol. The van der Waals surface area contributed by atoms with E-state index < -0.39 is 22.0 Å². The number of aliphatic carboxylic acids is 1. The normalized spacial score (nSPS) is 14.0. The number of hydrogen-bond acceptors (Lipinski definition) is 3.